The minimum atomic E-state index is -3.09. The Hall–Kier alpha value is -2.05. The van der Waals surface area contributed by atoms with E-state index >= 15 is 0 Å². The second-order valence-corrected chi connectivity index (χ2v) is 2.86. The van der Waals surface area contributed by atoms with Crippen LogP contribution in [0.5, 0.6) is 0 Å². The van der Waals surface area contributed by atoms with Crippen LogP contribution in [0.3, 0.4) is 0 Å². The molecule has 0 radical (unpaired) electrons. The third kappa shape index (κ3) is 3.26. The molecule has 0 saturated heterocycles. The maximum Gasteiger partial charge on any atom is 0.335 e. The molecule has 1 heterocycles. The topological polar surface area (TPSA) is 79.3 Å². The summed E-state index contributed by atoms with van der Waals surface area (Å²) in [5.41, 5.74) is 0.185. The minimum Gasteiger partial charge on any atom is -0.478 e. The molecule has 1 aromatic rings. The Balaban J connectivity index is 2.64. The van der Waals surface area contributed by atoms with Gasteiger partial charge in [-0.15, -0.1) is 0 Å². The normalized spacial score (nSPS) is 10.2. The van der Waals surface area contributed by atoms with Gasteiger partial charge >= 0.3 is 12.4 Å². The molecule has 1 rings (SSSR count). The van der Waals surface area contributed by atoms with Gasteiger partial charge in [0.15, 0.2) is 0 Å². The number of nitrogens with zero attached hydrogens (tertiary/aromatic N) is 1. The van der Waals surface area contributed by atoms with Gasteiger partial charge in [0, 0.05) is 6.20 Å². The zero-order valence-electron chi connectivity index (χ0n) is 7.98. The van der Waals surface area contributed by atoms with Crippen LogP contribution in [0.25, 0.3) is 0 Å². The Bertz CT molecular complexity index is 409. The average Bonchev–Trinajstić information content (AvgIpc) is 2.26. The minimum absolute atomic E-state index is 0.0173. The molecule has 0 aliphatic carbocycles. The number of alkyl halides is 2. The monoisotopic (exact) mass is 230 g/mol. The lowest BCUT2D eigenvalue weighted by Gasteiger charge is -2.04. The predicted molar refractivity (Wildman–Crippen MR) is 49.0 cm³/mol. The quantitative estimate of drug-likeness (QED) is 0.796. The number of carboxylic acids is 1. The molecule has 2 N–H and O–H groups in total. The van der Waals surface area contributed by atoms with Crippen molar-refractivity contribution in [3.05, 3.63) is 29.6 Å². The van der Waals surface area contributed by atoms with Crippen molar-refractivity contribution in [1.82, 2.24) is 10.3 Å². The van der Waals surface area contributed by atoms with Crippen molar-refractivity contribution in [3.8, 4) is 0 Å². The molecule has 7 heteroatoms. The van der Waals surface area contributed by atoms with Crippen molar-refractivity contribution in [3.63, 3.8) is 0 Å². The number of amides is 1. The Morgan fingerprint density at radius 1 is 1.50 bits per heavy atom. The molecule has 0 aromatic carbocycles. The highest BCUT2D eigenvalue weighted by Gasteiger charge is 2.14. The average molecular weight is 230 g/mol. The van der Waals surface area contributed by atoms with Gasteiger partial charge in [0.25, 0.3) is 5.91 Å². The summed E-state index contributed by atoms with van der Waals surface area (Å²) in [7, 11) is 0. The van der Waals surface area contributed by atoms with Crippen molar-refractivity contribution >= 4 is 11.9 Å². The molecule has 0 aliphatic heterocycles. The fourth-order valence-corrected chi connectivity index (χ4v) is 0.963. The molecule has 0 fully saturated rings. The van der Waals surface area contributed by atoms with Crippen molar-refractivity contribution in [2.75, 3.05) is 0 Å². The van der Waals surface area contributed by atoms with E-state index in [1.807, 2.05) is 5.32 Å². The van der Waals surface area contributed by atoms with Crippen molar-refractivity contribution in [1.29, 1.82) is 0 Å². The lowest BCUT2D eigenvalue weighted by molar-refractivity contribution is -0.131. The number of carbonyl (C=O) groups is 2. The standard InChI is InChI=1S/C9H8F2N2O3/c10-7(11)8(14)13-4-6-3-5(9(15)16)1-2-12-6/h1-3,7H,4H2,(H,13,14)(H,15,16). The number of hydrogen-bond acceptors (Lipinski definition) is 3. The summed E-state index contributed by atoms with van der Waals surface area (Å²) in [6.45, 7) is -0.232. The van der Waals surface area contributed by atoms with Gasteiger partial charge in [0.1, 0.15) is 0 Å². The number of pyridine rings is 1. The van der Waals surface area contributed by atoms with Crippen LogP contribution in [0.4, 0.5) is 8.78 Å². The highest BCUT2D eigenvalue weighted by Crippen LogP contribution is 2.02. The van der Waals surface area contributed by atoms with E-state index in [0.717, 1.165) is 0 Å². The molecule has 0 bridgehead atoms. The number of aromatic nitrogens is 1. The number of hydrogen-bond donors (Lipinski definition) is 2. The van der Waals surface area contributed by atoms with Crippen LogP contribution in [0.2, 0.25) is 0 Å². The second kappa shape index (κ2) is 5.15. The molecule has 1 amide bonds. The van der Waals surface area contributed by atoms with E-state index in [4.69, 9.17) is 5.11 Å². The SMILES string of the molecule is O=C(O)c1ccnc(CNC(=O)C(F)F)c1. The van der Waals surface area contributed by atoms with Crippen LogP contribution in [0, 0.1) is 0 Å². The lowest BCUT2D eigenvalue weighted by atomic mass is 10.2. The van der Waals surface area contributed by atoms with E-state index in [1.54, 1.807) is 0 Å². The van der Waals surface area contributed by atoms with Gasteiger partial charge in [-0.1, -0.05) is 0 Å². The highest BCUT2D eigenvalue weighted by molar-refractivity contribution is 5.87. The van der Waals surface area contributed by atoms with E-state index < -0.39 is 18.3 Å². The molecule has 0 unspecified atom stereocenters. The van der Waals surface area contributed by atoms with E-state index in [9.17, 15) is 18.4 Å². The summed E-state index contributed by atoms with van der Waals surface area (Å²) >= 11 is 0. The second-order valence-electron chi connectivity index (χ2n) is 2.86. The number of aromatic carboxylic acids is 1. The molecule has 0 atom stereocenters. The summed E-state index contributed by atoms with van der Waals surface area (Å²) in [4.78, 5) is 24.8. The van der Waals surface area contributed by atoms with E-state index in [0.29, 0.717) is 0 Å². The van der Waals surface area contributed by atoms with Crippen LogP contribution < -0.4 is 5.32 Å². The van der Waals surface area contributed by atoms with Gasteiger partial charge in [-0.05, 0) is 12.1 Å². The first-order chi connectivity index (χ1) is 7.50. The fourth-order valence-electron chi connectivity index (χ4n) is 0.963. The predicted octanol–water partition coefficient (Wildman–Crippen LogP) is 0.661. The number of rotatable bonds is 4. The summed E-state index contributed by atoms with van der Waals surface area (Å²) in [5, 5.41) is 10.6. The first kappa shape index (κ1) is 12.0. The molecule has 86 valence electrons. The molecule has 1 aromatic heterocycles. The van der Waals surface area contributed by atoms with Gasteiger partial charge in [-0.2, -0.15) is 8.78 Å². The number of carboxylic acid groups (broad SMARTS) is 1. The summed E-state index contributed by atoms with van der Waals surface area (Å²) < 4.78 is 23.6. The maximum atomic E-state index is 11.8. The molecular formula is C9H8F2N2O3. The molecule has 5 nitrogen and oxygen atoms in total. The zero-order valence-corrected chi connectivity index (χ0v) is 7.98. The Morgan fingerprint density at radius 2 is 2.19 bits per heavy atom. The first-order valence-electron chi connectivity index (χ1n) is 4.25. The zero-order chi connectivity index (χ0) is 12.1. The molecule has 0 saturated carbocycles. The van der Waals surface area contributed by atoms with Gasteiger partial charge < -0.3 is 10.4 Å². The number of nitrogens with one attached hydrogen (secondary N) is 1. The van der Waals surface area contributed by atoms with Crippen molar-refractivity contribution < 1.29 is 23.5 Å². The van der Waals surface area contributed by atoms with Crippen LogP contribution in [0.1, 0.15) is 16.1 Å². The number of halogens is 2. The molecular weight excluding hydrogens is 222 g/mol. The van der Waals surface area contributed by atoms with Gasteiger partial charge in [0.05, 0.1) is 17.8 Å². The molecule has 0 aliphatic rings. The lowest BCUT2D eigenvalue weighted by Crippen LogP contribution is -2.29. The molecule has 0 spiro atoms. The molecule has 16 heavy (non-hydrogen) atoms. The highest BCUT2D eigenvalue weighted by atomic mass is 19.3. The Labute approximate surface area is 89.1 Å². The summed E-state index contributed by atoms with van der Waals surface area (Å²) in [6, 6.07) is 2.47. The number of carbonyl (C=O) groups excluding carboxylic acids is 1. The fraction of sp³-hybridized carbons (Fsp3) is 0.222. The van der Waals surface area contributed by atoms with Crippen LogP contribution >= 0.6 is 0 Å². The maximum absolute atomic E-state index is 11.8. The third-order valence-electron chi connectivity index (χ3n) is 1.71. The van der Waals surface area contributed by atoms with Crippen LogP contribution in [-0.4, -0.2) is 28.4 Å². The van der Waals surface area contributed by atoms with Crippen molar-refractivity contribution in [2.45, 2.75) is 13.0 Å². The van der Waals surface area contributed by atoms with Gasteiger partial charge in [0.2, 0.25) is 0 Å². The van der Waals surface area contributed by atoms with Gasteiger partial charge in [-0.25, -0.2) is 4.79 Å². The Morgan fingerprint density at radius 3 is 2.75 bits per heavy atom. The first-order valence-corrected chi connectivity index (χ1v) is 4.25. The smallest absolute Gasteiger partial charge is 0.335 e. The Kier molecular flexibility index (Phi) is 3.87. The van der Waals surface area contributed by atoms with Gasteiger partial charge in [-0.3, -0.25) is 9.78 Å². The van der Waals surface area contributed by atoms with Crippen LogP contribution in [-0.2, 0) is 11.3 Å². The van der Waals surface area contributed by atoms with E-state index in [2.05, 4.69) is 4.98 Å². The van der Waals surface area contributed by atoms with Crippen molar-refractivity contribution in [2.24, 2.45) is 0 Å². The van der Waals surface area contributed by atoms with Crippen LogP contribution in [0.15, 0.2) is 18.3 Å². The van der Waals surface area contributed by atoms with E-state index in [1.165, 1.54) is 18.3 Å². The summed E-state index contributed by atoms with van der Waals surface area (Å²) in [6.07, 6.45) is -1.87. The summed E-state index contributed by atoms with van der Waals surface area (Å²) in [5.74, 6) is -2.56. The van der Waals surface area contributed by atoms with E-state index in [-0.39, 0.29) is 17.8 Å². The largest absolute Gasteiger partial charge is 0.478 e. The third-order valence-corrected chi connectivity index (χ3v) is 1.71.